The predicted molar refractivity (Wildman–Crippen MR) is 258 cm³/mol. The quantitative estimate of drug-likeness (QED) is 0.161. The Morgan fingerprint density at radius 2 is 0.758 bits per heavy atom. The first-order chi connectivity index (χ1) is 30.8. The number of hydrogen-bond donors (Lipinski definition) is 0. The summed E-state index contributed by atoms with van der Waals surface area (Å²) < 4.78 is 4.83. The summed E-state index contributed by atoms with van der Waals surface area (Å²) in [6, 6.07) is 82.1. The molecule has 9 aromatic carbocycles. The highest BCUT2D eigenvalue weighted by Gasteiger charge is 2.20. The summed E-state index contributed by atoms with van der Waals surface area (Å²) in [5.74, 6) is 0.696. The first-order valence-electron chi connectivity index (χ1n) is 21.1. The highest BCUT2D eigenvalue weighted by Crippen LogP contribution is 2.41. The van der Waals surface area contributed by atoms with Crippen LogP contribution in [0.15, 0.2) is 231 Å². The molecule has 0 fully saturated rings. The van der Waals surface area contributed by atoms with Gasteiger partial charge < -0.3 is 9.13 Å². The highest BCUT2D eigenvalue weighted by molar-refractivity contribution is 6.14. The fourth-order valence-corrected chi connectivity index (χ4v) is 9.34. The van der Waals surface area contributed by atoms with E-state index in [1.54, 1.807) is 0 Å². The molecule has 0 aliphatic rings. The van der Waals surface area contributed by atoms with E-state index in [1.807, 2.05) is 12.1 Å². The summed E-state index contributed by atoms with van der Waals surface area (Å²) in [7, 11) is 0. The molecule has 0 radical (unpaired) electrons. The molecule has 0 unspecified atom stereocenters. The van der Waals surface area contributed by atoms with Crippen molar-refractivity contribution in [2.24, 2.45) is 0 Å². The molecule has 0 saturated heterocycles. The van der Waals surface area contributed by atoms with Gasteiger partial charge in [0.25, 0.3) is 0 Å². The largest absolute Gasteiger partial charge is 0.309 e. The lowest BCUT2D eigenvalue weighted by atomic mass is 9.97. The van der Waals surface area contributed by atoms with Gasteiger partial charge in [-0.2, -0.15) is 0 Å². The zero-order chi connectivity index (χ0) is 41.0. The molecule has 3 heterocycles. The lowest BCUT2D eigenvalue weighted by Gasteiger charge is -2.14. The first-order valence-corrected chi connectivity index (χ1v) is 21.1. The molecule has 0 bridgehead atoms. The van der Waals surface area contributed by atoms with Crippen LogP contribution in [0.2, 0.25) is 0 Å². The van der Waals surface area contributed by atoms with Crippen molar-refractivity contribution in [1.82, 2.24) is 19.1 Å². The summed E-state index contributed by atoms with van der Waals surface area (Å²) in [5.41, 5.74) is 16.4. The van der Waals surface area contributed by atoms with Crippen molar-refractivity contribution in [1.29, 1.82) is 0 Å². The fraction of sp³-hybridized carbons (Fsp3) is 0. The van der Waals surface area contributed by atoms with Crippen molar-refractivity contribution in [3.05, 3.63) is 231 Å². The van der Waals surface area contributed by atoms with Crippen molar-refractivity contribution in [3.63, 3.8) is 0 Å². The molecule has 4 heteroatoms. The van der Waals surface area contributed by atoms with Gasteiger partial charge in [-0.1, -0.05) is 176 Å². The van der Waals surface area contributed by atoms with E-state index < -0.39 is 0 Å². The van der Waals surface area contributed by atoms with Crippen LogP contribution in [0, 0.1) is 0 Å². The Morgan fingerprint density at radius 3 is 1.47 bits per heavy atom. The standard InChI is InChI=1S/C58H38N4/c1-4-18-39(19-5-1)52-38-53(40-20-6-2-7-21-40)60-58(59-52)50-29-11-10-26-45(50)42-34-35-56-51(37-42)48-28-13-14-32-54(48)61(56)44-25-16-22-41(36-44)46-30-17-31-49-47-27-12-15-33-55(47)62(57(46)49)43-23-8-3-9-24-43/h1-38H. The van der Waals surface area contributed by atoms with Crippen molar-refractivity contribution < 1.29 is 0 Å². The maximum absolute atomic E-state index is 5.21. The molecule has 4 nitrogen and oxygen atoms in total. The van der Waals surface area contributed by atoms with Gasteiger partial charge in [0.05, 0.1) is 33.5 Å². The van der Waals surface area contributed by atoms with Crippen molar-refractivity contribution in [3.8, 4) is 67.5 Å². The third kappa shape index (κ3) is 5.92. The van der Waals surface area contributed by atoms with Gasteiger partial charge in [0, 0.05) is 55.2 Å². The van der Waals surface area contributed by atoms with Gasteiger partial charge in [-0.25, -0.2) is 9.97 Å². The number of nitrogens with zero attached hydrogens (tertiary/aromatic N) is 4. The Morgan fingerprint density at radius 1 is 0.274 bits per heavy atom. The molecule has 0 spiro atoms. The topological polar surface area (TPSA) is 35.6 Å². The highest BCUT2D eigenvalue weighted by atomic mass is 15.0. The van der Waals surface area contributed by atoms with Gasteiger partial charge in [-0.15, -0.1) is 0 Å². The minimum atomic E-state index is 0.696. The average molecular weight is 791 g/mol. The van der Waals surface area contributed by atoms with Crippen LogP contribution in [0.1, 0.15) is 0 Å². The van der Waals surface area contributed by atoms with Crippen LogP contribution in [0.5, 0.6) is 0 Å². The van der Waals surface area contributed by atoms with Crippen LogP contribution in [-0.4, -0.2) is 19.1 Å². The Balaban J connectivity index is 1.01. The SMILES string of the molecule is c1ccc(-c2cc(-c3ccccc3)nc(-c3ccccc3-c3ccc4c(c3)c3ccccc3n4-c3cccc(-c4cccc5c6ccccc6n(-c6ccccc6)c45)c3)n2)cc1. The fourth-order valence-electron chi connectivity index (χ4n) is 9.34. The lowest BCUT2D eigenvalue weighted by Crippen LogP contribution is -1.97. The van der Waals surface area contributed by atoms with Gasteiger partial charge in [0.15, 0.2) is 5.82 Å². The van der Waals surface area contributed by atoms with Crippen molar-refractivity contribution in [2.45, 2.75) is 0 Å². The zero-order valence-corrected chi connectivity index (χ0v) is 33.7. The van der Waals surface area contributed by atoms with Gasteiger partial charge >= 0.3 is 0 Å². The van der Waals surface area contributed by atoms with Crippen LogP contribution in [0.25, 0.3) is 111 Å². The summed E-state index contributed by atoms with van der Waals surface area (Å²) in [5, 5.41) is 4.88. The molecular formula is C58H38N4. The number of rotatable bonds is 7. The number of para-hydroxylation sites is 4. The minimum Gasteiger partial charge on any atom is -0.309 e. The zero-order valence-electron chi connectivity index (χ0n) is 33.7. The number of fused-ring (bicyclic) bond motifs is 6. The molecule has 0 aliphatic carbocycles. The molecule has 12 rings (SSSR count). The molecule has 290 valence electrons. The van der Waals surface area contributed by atoms with Crippen LogP contribution < -0.4 is 0 Å². The predicted octanol–water partition coefficient (Wildman–Crippen LogP) is 15.0. The van der Waals surface area contributed by atoms with Gasteiger partial charge in [-0.05, 0) is 71.3 Å². The van der Waals surface area contributed by atoms with Crippen molar-refractivity contribution >= 4 is 43.6 Å². The van der Waals surface area contributed by atoms with E-state index in [0.29, 0.717) is 5.82 Å². The second kappa shape index (κ2) is 14.7. The minimum absolute atomic E-state index is 0.696. The molecule has 3 aromatic heterocycles. The number of hydrogen-bond acceptors (Lipinski definition) is 2. The van der Waals surface area contributed by atoms with Gasteiger partial charge in [0.1, 0.15) is 0 Å². The number of benzene rings is 9. The van der Waals surface area contributed by atoms with E-state index in [9.17, 15) is 0 Å². The first kappa shape index (κ1) is 35.6. The van der Waals surface area contributed by atoms with Crippen LogP contribution in [0.3, 0.4) is 0 Å². The summed E-state index contributed by atoms with van der Waals surface area (Å²) in [6.45, 7) is 0. The maximum atomic E-state index is 5.21. The van der Waals surface area contributed by atoms with Gasteiger partial charge in [-0.3, -0.25) is 0 Å². The second-order valence-corrected chi connectivity index (χ2v) is 15.8. The smallest absolute Gasteiger partial charge is 0.161 e. The Bertz CT molecular complexity index is 3560. The van der Waals surface area contributed by atoms with E-state index in [0.717, 1.165) is 67.2 Å². The molecule has 62 heavy (non-hydrogen) atoms. The summed E-state index contributed by atoms with van der Waals surface area (Å²) >= 11 is 0. The van der Waals surface area contributed by atoms with Crippen LogP contribution in [0.4, 0.5) is 0 Å². The molecular weight excluding hydrogens is 753 g/mol. The van der Waals surface area contributed by atoms with E-state index in [2.05, 4.69) is 228 Å². The number of aromatic nitrogens is 4. The Hall–Kier alpha value is -8.34. The molecule has 0 saturated carbocycles. The summed E-state index contributed by atoms with van der Waals surface area (Å²) in [4.78, 5) is 10.4. The molecule has 12 aromatic rings. The van der Waals surface area contributed by atoms with E-state index in [1.165, 1.54) is 38.1 Å². The Labute approximate surface area is 359 Å². The Kier molecular flexibility index (Phi) is 8.46. The average Bonchev–Trinajstić information content (AvgIpc) is 3.87. The summed E-state index contributed by atoms with van der Waals surface area (Å²) in [6.07, 6.45) is 0. The van der Waals surface area contributed by atoms with E-state index in [4.69, 9.17) is 9.97 Å². The van der Waals surface area contributed by atoms with E-state index in [-0.39, 0.29) is 0 Å². The monoisotopic (exact) mass is 790 g/mol. The maximum Gasteiger partial charge on any atom is 0.161 e. The third-order valence-corrected chi connectivity index (χ3v) is 12.1. The lowest BCUT2D eigenvalue weighted by molar-refractivity contribution is 1.17. The molecule has 0 N–H and O–H groups in total. The van der Waals surface area contributed by atoms with E-state index >= 15 is 0 Å². The second-order valence-electron chi connectivity index (χ2n) is 15.8. The molecule has 0 amide bonds. The third-order valence-electron chi connectivity index (χ3n) is 12.1. The van der Waals surface area contributed by atoms with Crippen LogP contribution >= 0.6 is 0 Å². The van der Waals surface area contributed by atoms with Crippen LogP contribution in [-0.2, 0) is 0 Å². The molecule has 0 atom stereocenters. The normalized spacial score (nSPS) is 11.5. The van der Waals surface area contributed by atoms with Gasteiger partial charge in [0.2, 0.25) is 0 Å². The van der Waals surface area contributed by atoms with Crippen molar-refractivity contribution in [2.75, 3.05) is 0 Å². The molecule has 0 aliphatic heterocycles.